The molecule has 1 aromatic rings. The summed E-state index contributed by atoms with van der Waals surface area (Å²) in [5.41, 5.74) is 5.29. The maximum Gasteiger partial charge on any atom is 0.240 e. The smallest absolute Gasteiger partial charge is 0.240 e. The molecule has 2 rings (SSSR count). The first-order valence-electron chi connectivity index (χ1n) is 6.04. The molecule has 1 saturated carbocycles. The van der Waals surface area contributed by atoms with E-state index < -0.39 is 15.8 Å². The average Bonchev–Trinajstić information content (AvgIpc) is 2.79. The van der Waals surface area contributed by atoms with E-state index in [1.165, 1.54) is 12.1 Å². The van der Waals surface area contributed by atoms with Crippen LogP contribution in [-0.4, -0.2) is 26.0 Å². The van der Waals surface area contributed by atoms with Gasteiger partial charge in [0.05, 0.1) is 10.6 Å². The molecule has 1 aliphatic rings. The van der Waals surface area contributed by atoms with Crippen LogP contribution in [0.1, 0.15) is 19.3 Å². The van der Waals surface area contributed by atoms with Gasteiger partial charge in [-0.25, -0.2) is 17.5 Å². The fourth-order valence-corrected chi connectivity index (χ4v) is 4.63. The van der Waals surface area contributed by atoms with Gasteiger partial charge in [0, 0.05) is 11.3 Å². The van der Waals surface area contributed by atoms with Crippen molar-refractivity contribution in [2.75, 3.05) is 12.0 Å². The Labute approximate surface area is 117 Å². The third kappa shape index (κ3) is 3.21. The van der Waals surface area contributed by atoms with E-state index in [-0.39, 0.29) is 21.9 Å². The quantitative estimate of drug-likeness (QED) is 0.834. The zero-order valence-electron chi connectivity index (χ0n) is 10.6. The fourth-order valence-electron chi connectivity index (χ4n) is 2.29. The summed E-state index contributed by atoms with van der Waals surface area (Å²) in [4.78, 5) is -0.0778. The molecule has 19 heavy (non-hydrogen) atoms. The van der Waals surface area contributed by atoms with Crippen LogP contribution < -0.4 is 10.5 Å². The molecule has 0 amide bonds. The van der Waals surface area contributed by atoms with E-state index in [4.69, 9.17) is 5.73 Å². The zero-order valence-corrected chi connectivity index (χ0v) is 12.2. The van der Waals surface area contributed by atoms with E-state index in [0.29, 0.717) is 0 Å². The summed E-state index contributed by atoms with van der Waals surface area (Å²) in [6.07, 6.45) is 4.81. The molecule has 7 heteroatoms. The van der Waals surface area contributed by atoms with Crippen LogP contribution in [0.2, 0.25) is 0 Å². The lowest BCUT2D eigenvalue weighted by atomic mass is 10.3. The molecule has 2 unspecified atom stereocenters. The summed E-state index contributed by atoms with van der Waals surface area (Å²) in [6, 6.07) is 3.47. The topological polar surface area (TPSA) is 72.2 Å². The highest BCUT2D eigenvalue weighted by Crippen LogP contribution is 2.29. The second kappa shape index (κ2) is 5.68. The molecule has 0 aliphatic heterocycles. The zero-order chi connectivity index (χ0) is 14.0. The maximum atomic E-state index is 13.3. The highest BCUT2D eigenvalue weighted by atomic mass is 32.2. The lowest BCUT2D eigenvalue weighted by Crippen LogP contribution is -2.38. The molecule has 0 bridgehead atoms. The van der Waals surface area contributed by atoms with Crippen molar-refractivity contribution in [3.63, 3.8) is 0 Å². The molecule has 0 heterocycles. The van der Waals surface area contributed by atoms with Gasteiger partial charge in [0.2, 0.25) is 10.0 Å². The Hall–Kier alpha value is -0.790. The van der Waals surface area contributed by atoms with E-state index in [1.54, 1.807) is 11.8 Å². The van der Waals surface area contributed by atoms with Gasteiger partial charge in [-0.1, -0.05) is 6.42 Å². The lowest BCUT2D eigenvalue weighted by molar-refractivity contribution is 0.553. The van der Waals surface area contributed by atoms with Crippen molar-refractivity contribution < 1.29 is 12.8 Å². The summed E-state index contributed by atoms with van der Waals surface area (Å²) in [5, 5.41) is 0.286. The molecule has 1 aliphatic carbocycles. The van der Waals surface area contributed by atoms with Gasteiger partial charge in [0.25, 0.3) is 0 Å². The van der Waals surface area contributed by atoms with Crippen molar-refractivity contribution in [2.45, 2.75) is 35.4 Å². The Balaban J connectivity index is 2.20. The van der Waals surface area contributed by atoms with Gasteiger partial charge in [-0.05, 0) is 37.3 Å². The summed E-state index contributed by atoms with van der Waals surface area (Å²) in [5.74, 6) is -0.712. The predicted molar refractivity (Wildman–Crippen MR) is 76.1 cm³/mol. The molecule has 0 spiro atoms. The fraction of sp³-hybridized carbons (Fsp3) is 0.500. The second-order valence-electron chi connectivity index (χ2n) is 4.62. The number of rotatable bonds is 4. The number of nitrogen functional groups attached to an aromatic ring is 1. The minimum atomic E-state index is -3.68. The minimum Gasteiger partial charge on any atom is -0.396 e. The van der Waals surface area contributed by atoms with Gasteiger partial charge in [-0.2, -0.15) is 11.8 Å². The molecule has 1 fully saturated rings. The van der Waals surface area contributed by atoms with Gasteiger partial charge >= 0.3 is 0 Å². The number of benzene rings is 1. The van der Waals surface area contributed by atoms with E-state index in [1.807, 2.05) is 6.26 Å². The molecule has 1 aromatic carbocycles. The number of hydrogen-bond donors (Lipinski definition) is 2. The van der Waals surface area contributed by atoms with Crippen LogP contribution in [0.5, 0.6) is 0 Å². The Kier molecular flexibility index (Phi) is 4.37. The number of halogens is 1. The highest BCUT2D eigenvalue weighted by Gasteiger charge is 2.30. The van der Waals surface area contributed by atoms with E-state index >= 15 is 0 Å². The van der Waals surface area contributed by atoms with Crippen LogP contribution in [0.3, 0.4) is 0 Å². The third-order valence-electron chi connectivity index (χ3n) is 3.34. The average molecular weight is 304 g/mol. The summed E-state index contributed by atoms with van der Waals surface area (Å²) < 4.78 is 40.4. The largest absolute Gasteiger partial charge is 0.396 e. The number of hydrogen-bond acceptors (Lipinski definition) is 4. The molecule has 2 atom stereocenters. The van der Waals surface area contributed by atoms with Gasteiger partial charge < -0.3 is 5.73 Å². The van der Waals surface area contributed by atoms with Crippen molar-refractivity contribution in [3.05, 3.63) is 24.0 Å². The molecule has 106 valence electrons. The minimum absolute atomic E-state index is 0.0539. The van der Waals surface area contributed by atoms with Crippen LogP contribution >= 0.6 is 11.8 Å². The summed E-state index contributed by atoms with van der Waals surface area (Å²) in [7, 11) is -3.68. The van der Waals surface area contributed by atoms with Crippen LogP contribution in [0.25, 0.3) is 0 Å². The van der Waals surface area contributed by atoms with E-state index in [0.717, 1.165) is 25.3 Å². The summed E-state index contributed by atoms with van der Waals surface area (Å²) >= 11 is 1.66. The van der Waals surface area contributed by atoms with Gasteiger partial charge in [0.1, 0.15) is 5.82 Å². The molecule has 3 N–H and O–H groups in total. The molecule has 0 radical (unpaired) electrons. The first-order chi connectivity index (χ1) is 8.94. The highest BCUT2D eigenvalue weighted by molar-refractivity contribution is 7.99. The second-order valence-corrected chi connectivity index (χ2v) is 7.41. The van der Waals surface area contributed by atoms with Crippen molar-refractivity contribution in [3.8, 4) is 0 Å². The van der Waals surface area contributed by atoms with Crippen molar-refractivity contribution >= 4 is 27.5 Å². The van der Waals surface area contributed by atoms with Crippen LogP contribution in [0, 0.1) is 5.82 Å². The van der Waals surface area contributed by atoms with E-state index in [9.17, 15) is 12.8 Å². The standard InChI is InChI=1S/C12H17FN2O2S2/c1-18-12-4-2-3-11(12)15-19(16,17)8-5-6-10(14)9(13)7-8/h5-7,11-12,15H,2-4,14H2,1H3. The molecular formula is C12H17FN2O2S2. The molecule has 4 nitrogen and oxygen atoms in total. The Morgan fingerprint density at radius 2 is 2.16 bits per heavy atom. The van der Waals surface area contributed by atoms with Crippen molar-refractivity contribution in [2.24, 2.45) is 0 Å². The Bertz CT molecular complexity index is 563. The monoisotopic (exact) mass is 304 g/mol. The Morgan fingerprint density at radius 1 is 1.42 bits per heavy atom. The summed E-state index contributed by atoms with van der Waals surface area (Å²) in [6.45, 7) is 0. The molecule has 0 saturated heterocycles. The number of nitrogens with two attached hydrogens (primary N) is 1. The van der Waals surface area contributed by atoms with Crippen LogP contribution in [0.4, 0.5) is 10.1 Å². The number of thioether (sulfide) groups is 1. The first kappa shape index (κ1) is 14.6. The number of sulfonamides is 1. The third-order valence-corrected chi connectivity index (χ3v) is 6.00. The number of nitrogens with one attached hydrogen (secondary N) is 1. The van der Waals surface area contributed by atoms with Gasteiger partial charge in [-0.15, -0.1) is 0 Å². The van der Waals surface area contributed by atoms with Crippen LogP contribution in [0.15, 0.2) is 23.1 Å². The van der Waals surface area contributed by atoms with E-state index in [2.05, 4.69) is 4.72 Å². The Morgan fingerprint density at radius 3 is 2.79 bits per heavy atom. The lowest BCUT2D eigenvalue weighted by Gasteiger charge is -2.19. The van der Waals surface area contributed by atoms with Crippen molar-refractivity contribution in [1.82, 2.24) is 4.72 Å². The maximum absolute atomic E-state index is 13.3. The van der Waals surface area contributed by atoms with Crippen molar-refractivity contribution in [1.29, 1.82) is 0 Å². The molecule has 0 aromatic heterocycles. The molecular weight excluding hydrogens is 287 g/mol. The number of anilines is 1. The van der Waals surface area contributed by atoms with Gasteiger partial charge in [0.15, 0.2) is 0 Å². The first-order valence-corrected chi connectivity index (χ1v) is 8.81. The SMILES string of the molecule is CSC1CCCC1NS(=O)(=O)c1ccc(N)c(F)c1. The van der Waals surface area contributed by atoms with Gasteiger partial charge in [-0.3, -0.25) is 0 Å². The predicted octanol–water partition coefficient (Wildman–Crippen LogP) is 1.97. The van der Waals surface area contributed by atoms with Crippen LogP contribution in [-0.2, 0) is 10.0 Å². The normalized spacial score (nSPS) is 23.7.